The molecule has 2 rings (SSSR count). The molecule has 0 heterocycles. The Morgan fingerprint density at radius 1 is 1.20 bits per heavy atom. The molecule has 1 fully saturated rings. The highest BCUT2D eigenvalue weighted by Crippen LogP contribution is 2.50. The molecule has 1 saturated carbocycles. The van der Waals surface area contributed by atoms with Crippen molar-refractivity contribution in [2.45, 2.75) is 24.8 Å². The largest absolute Gasteiger partial charge is 0.496 e. The molecule has 108 valence electrons. The van der Waals surface area contributed by atoms with Gasteiger partial charge in [-0.05, 0) is 25.3 Å². The maximum absolute atomic E-state index is 10.7. The molecule has 0 unspecified atom stereocenters. The van der Waals surface area contributed by atoms with Crippen molar-refractivity contribution in [3.63, 3.8) is 0 Å². The second-order valence-electron chi connectivity index (χ2n) is 5.21. The molecule has 1 aromatic rings. The van der Waals surface area contributed by atoms with Gasteiger partial charge in [-0.2, -0.15) is 4.99 Å². The number of ether oxygens (including phenoxy) is 2. The smallest absolute Gasteiger partial charge is 0.235 e. The van der Waals surface area contributed by atoms with Crippen LogP contribution >= 0.6 is 0 Å². The molecule has 5 nitrogen and oxygen atoms in total. The summed E-state index contributed by atoms with van der Waals surface area (Å²) in [5.41, 5.74) is 1.33. The molecule has 20 heavy (non-hydrogen) atoms. The van der Waals surface area contributed by atoms with Gasteiger partial charge in [0.25, 0.3) is 0 Å². The summed E-state index contributed by atoms with van der Waals surface area (Å²) >= 11 is 0. The maximum Gasteiger partial charge on any atom is 0.235 e. The van der Waals surface area contributed by atoms with Crippen molar-refractivity contribution in [3.8, 4) is 11.5 Å². The number of rotatable bonds is 5. The lowest BCUT2D eigenvalue weighted by molar-refractivity contribution is 0.245. The minimum atomic E-state index is -0.495. The average Bonchev–Trinajstić information content (AvgIpc) is 2.41. The normalized spacial score (nSPS) is 15.8. The first kappa shape index (κ1) is 14.4. The van der Waals surface area contributed by atoms with Crippen LogP contribution in [0.2, 0.25) is 0 Å². The van der Waals surface area contributed by atoms with Crippen LogP contribution in [0.5, 0.6) is 11.5 Å². The van der Waals surface area contributed by atoms with Gasteiger partial charge in [0.2, 0.25) is 6.08 Å². The van der Waals surface area contributed by atoms with Crippen LogP contribution in [0.4, 0.5) is 5.69 Å². The SMILES string of the molecule is COc1cc(C2(N=C=O)CCC2)c(OC)cc1N(C)C. The number of anilines is 1. The molecule has 0 bridgehead atoms. The highest BCUT2D eigenvalue weighted by molar-refractivity contribution is 5.65. The summed E-state index contributed by atoms with van der Waals surface area (Å²) in [5, 5.41) is 0. The number of carbonyl (C=O) groups excluding carboxylic acids is 1. The van der Waals surface area contributed by atoms with Gasteiger partial charge in [-0.15, -0.1) is 0 Å². The third-order valence-electron chi connectivity index (χ3n) is 3.92. The zero-order valence-electron chi connectivity index (χ0n) is 12.4. The van der Waals surface area contributed by atoms with Crippen molar-refractivity contribution >= 4 is 11.8 Å². The minimum Gasteiger partial charge on any atom is -0.496 e. The number of hydrogen-bond donors (Lipinski definition) is 0. The topological polar surface area (TPSA) is 51.1 Å². The molecule has 0 spiro atoms. The maximum atomic E-state index is 10.7. The number of aliphatic imine (C=N–C) groups is 1. The first-order valence-corrected chi connectivity index (χ1v) is 6.61. The molecule has 0 N–H and O–H groups in total. The quantitative estimate of drug-likeness (QED) is 0.612. The van der Waals surface area contributed by atoms with Crippen molar-refractivity contribution < 1.29 is 14.3 Å². The van der Waals surface area contributed by atoms with Gasteiger partial charge < -0.3 is 14.4 Å². The van der Waals surface area contributed by atoms with Crippen LogP contribution in [0, 0.1) is 0 Å². The van der Waals surface area contributed by atoms with E-state index in [1.54, 1.807) is 20.3 Å². The fourth-order valence-corrected chi connectivity index (χ4v) is 2.64. The Balaban J connectivity index is 2.60. The van der Waals surface area contributed by atoms with Gasteiger partial charge in [0.05, 0.1) is 19.9 Å². The Hall–Kier alpha value is -2.00. The standard InChI is InChI=1S/C15H20N2O3/c1-17(2)12-9-13(19-3)11(8-14(12)20-4)15(16-10-18)6-5-7-15/h8-9H,5-7H2,1-4H3. The molecule has 0 atom stereocenters. The molecule has 1 aliphatic carbocycles. The molecule has 0 radical (unpaired) electrons. The third kappa shape index (κ3) is 2.25. The minimum absolute atomic E-state index is 0.495. The fourth-order valence-electron chi connectivity index (χ4n) is 2.64. The molecular weight excluding hydrogens is 256 g/mol. The highest BCUT2D eigenvalue weighted by Gasteiger charge is 2.41. The van der Waals surface area contributed by atoms with E-state index in [0.717, 1.165) is 42.0 Å². The lowest BCUT2D eigenvalue weighted by atomic mass is 9.72. The van der Waals surface area contributed by atoms with Gasteiger partial charge in [-0.3, -0.25) is 0 Å². The second-order valence-corrected chi connectivity index (χ2v) is 5.21. The fraction of sp³-hybridized carbons (Fsp3) is 0.533. The van der Waals surface area contributed by atoms with Crippen molar-refractivity contribution in [3.05, 3.63) is 17.7 Å². The van der Waals surface area contributed by atoms with Gasteiger partial charge >= 0.3 is 0 Å². The van der Waals surface area contributed by atoms with E-state index in [9.17, 15) is 4.79 Å². The van der Waals surface area contributed by atoms with Crippen molar-refractivity contribution in [2.24, 2.45) is 4.99 Å². The van der Waals surface area contributed by atoms with Gasteiger partial charge in [0, 0.05) is 25.7 Å². The summed E-state index contributed by atoms with van der Waals surface area (Å²) in [5.74, 6) is 1.48. The molecule has 1 aromatic carbocycles. The number of nitrogens with zero attached hydrogens (tertiary/aromatic N) is 2. The monoisotopic (exact) mass is 276 g/mol. The predicted octanol–water partition coefficient (Wildman–Crippen LogP) is 2.48. The van der Waals surface area contributed by atoms with E-state index in [1.807, 2.05) is 31.1 Å². The number of hydrogen-bond acceptors (Lipinski definition) is 5. The number of isocyanates is 1. The summed E-state index contributed by atoms with van der Waals surface area (Å²) in [6, 6.07) is 3.85. The Kier molecular flexibility index (Phi) is 4.00. The molecule has 0 saturated heterocycles. The zero-order chi connectivity index (χ0) is 14.8. The van der Waals surface area contributed by atoms with Crippen LogP contribution in [-0.2, 0) is 10.3 Å². The van der Waals surface area contributed by atoms with Crippen molar-refractivity contribution in [2.75, 3.05) is 33.2 Å². The molecule has 0 aliphatic heterocycles. The lowest BCUT2D eigenvalue weighted by Crippen LogP contribution is -2.32. The first-order chi connectivity index (χ1) is 9.57. The summed E-state index contributed by atoms with van der Waals surface area (Å²) in [6.45, 7) is 0. The van der Waals surface area contributed by atoms with Crippen molar-refractivity contribution in [1.29, 1.82) is 0 Å². The predicted molar refractivity (Wildman–Crippen MR) is 77.5 cm³/mol. The van der Waals surface area contributed by atoms with E-state index in [0.29, 0.717) is 0 Å². The van der Waals surface area contributed by atoms with E-state index in [2.05, 4.69) is 4.99 Å². The number of methoxy groups -OCH3 is 2. The zero-order valence-corrected chi connectivity index (χ0v) is 12.4. The molecule has 5 heteroatoms. The average molecular weight is 276 g/mol. The van der Waals surface area contributed by atoms with Gasteiger partial charge in [-0.25, -0.2) is 4.79 Å². The molecule has 1 aliphatic rings. The Morgan fingerprint density at radius 3 is 2.25 bits per heavy atom. The molecule has 0 amide bonds. The van der Waals surface area contributed by atoms with Crippen LogP contribution in [0.1, 0.15) is 24.8 Å². The molecule has 0 aromatic heterocycles. The van der Waals surface area contributed by atoms with E-state index < -0.39 is 5.54 Å². The van der Waals surface area contributed by atoms with E-state index in [1.165, 1.54) is 0 Å². The summed E-state index contributed by atoms with van der Waals surface area (Å²) < 4.78 is 10.9. The first-order valence-electron chi connectivity index (χ1n) is 6.61. The summed E-state index contributed by atoms with van der Waals surface area (Å²) in [7, 11) is 7.15. The Bertz CT molecular complexity index is 544. The van der Waals surface area contributed by atoms with Crippen LogP contribution in [-0.4, -0.2) is 34.4 Å². The van der Waals surface area contributed by atoms with E-state index in [4.69, 9.17) is 9.47 Å². The lowest BCUT2D eigenvalue weighted by Gasteiger charge is -2.38. The molecular formula is C15H20N2O3. The van der Waals surface area contributed by atoms with Gasteiger partial charge in [-0.1, -0.05) is 0 Å². The van der Waals surface area contributed by atoms with Crippen LogP contribution < -0.4 is 14.4 Å². The highest BCUT2D eigenvalue weighted by atomic mass is 16.5. The summed E-state index contributed by atoms with van der Waals surface area (Å²) in [4.78, 5) is 16.7. The second kappa shape index (κ2) is 5.55. The van der Waals surface area contributed by atoms with E-state index >= 15 is 0 Å². The van der Waals surface area contributed by atoms with Gasteiger partial charge in [0.1, 0.15) is 17.0 Å². The van der Waals surface area contributed by atoms with Crippen LogP contribution in [0.15, 0.2) is 17.1 Å². The third-order valence-corrected chi connectivity index (χ3v) is 3.92. The Morgan fingerprint density at radius 2 is 1.85 bits per heavy atom. The van der Waals surface area contributed by atoms with Gasteiger partial charge in [0.15, 0.2) is 0 Å². The van der Waals surface area contributed by atoms with E-state index in [-0.39, 0.29) is 0 Å². The van der Waals surface area contributed by atoms with Crippen LogP contribution in [0.25, 0.3) is 0 Å². The van der Waals surface area contributed by atoms with Crippen molar-refractivity contribution in [1.82, 2.24) is 0 Å². The number of benzene rings is 1. The Labute approximate surface area is 119 Å². The van der Waals surface area contributed by atoms with Crippen LogP contribution in [0.3, 0.4) is 0 Å². The summed E-state index contributed by atoms with van der Waals surface area (Å²) in [6.07, 6.45) is 4.42.